The number of allylic oxidation sites excluding steroid dienone is 1. The highest BCUT2D eigenvalue weighted by Gasteiger charge is 1.91. The molecular formula is C7H11NO2. The lowest BCUT2D eigenvalue weighted by atomic mass is 10.5. The predicted molar refractivity (Wildman–Crippen MR) is 39.7 cm³/mol. The first-order chi connectivity index (χ1) is 4.66. The van der Waals surface area contributed by atoms with Crippen LogP contribution in [0.25, 0.3) is 0 Å². The molecule has 0 atom stereocenters. The molecule has 0 radical (unpaired) electrons. The number of rotatable bonds is 2. The molecule has 0 fully saturated rings. The number of oxime groups is 1. The van der Waals surface area contributed by atoms with E-state index in [1.807, 2.05) is 0 Å². The number of nitrogens with zero attached hydrogens (tertiary/aromatic N) is 1. The third-order valence-electron chi connectivity index (χ3n) is 0.621. The van der Waals surface area contributed by atoms with Gasteiger partial charge >= 0.3 is 5.97 Å². The average molecular weight is 141 g/mol. The SMILES string of the molecule is C/C=C/C(=O)ON=C(C)C. The fourth-order valence-corrected chi connectivity index (χ4v) is 0.303. The van der Waals surface area contributed by atoms with Crippen molar-refractivity contribution >= 4 is 11.7 Å². The van der Waals surface area contributed by atoms with E-state index >= 15 is 0 Å². The second-order valence-electron chi connectivity index (χ2n) is 1.95. The Morgan fingerprint density at radius 3 is 2.50 bits per heavy atom. The van der Waals surface area contributed by atoms with Gasteiger partial charge in [0.05, 0.1) is 5.71 Å². The smallest absolute Gasteiger partial charge is 0.314 e. The quantitative estimate of drug-likeness (QED) is 0.253. The number of hydrogen-bond acceptors (Lipinski definition) is 3. The van der Waals surface area contributed by atoms with Crippen molar-refractivity contribution in [2.75, 3.05) is 0 Å². The van der Waals surface area contributed by atoms with E-state index in [1.165, 1.54) is 6.08 Å². The Balaban J connectivity index is 3.71. The Labute approximate surface area is 60.4 Å². The van der Waals surface area contributed by atoms with Gasteiger partial charge in [-0.3, -0.25) is 0 Å². The first-order valence-electron chi connectivity index (χ1n) is 3.01. The van der Waals surface area contributed by atoms with Gasteiger partial charge in [-0.2, -0.15) is 0 Å². The number of carbonyl (C=O) groups excluding carboxylic acids is 1. The summed E-state index contributed by atoms with van der Waals surface area (Å²) in [5.74, 6) is -0.441. The Morgan fingerprint density at radius 1 is 1.50 bits per heavy atom. The van der Waals surface area contributed by atoms with Gasteiger partial charge in [-0.05, 0) is 20.8 Å². The van der Waals surface area contributed by atoms with Gasteiger partial charge in [0.1, 0.15) is 0 Å². The van der Waals surface area contributed by atoms with Crippen molar-refractivity contribution < 1.29 is 9.63 Å². The van der Waals surface area contributed by atoms with E-state index < -0.39 is 5.97 Å². The largest absolute Gasteiger partial charge is 0.358 e. The van der Waals surface area contributed by atoms with Crippen LogP contribution in [0.5, 0.6) is 0 Å². The molecule has 0 aromatic rings. The third-order valence-corrected chi connectivity index (χ3v) is 0.621. The zero-order chi connectivity index (χ0) is 7.98. The maximum absolute atomic E-state index is 10.5. The van der Waals surface area contributed by atoms with Crippen LogP contribution in [0, 0.1) is 0 Å². The van der Waals surface area contributed by atoms with Crippen molar-refractivity contribution in [1.29, 1.82) is 0 Å². The van der Waals surface area contributed by atoms with Crippen molar-refractivity contribution in [3.05, 3.63) is 12.2 Å². The van der Waals surface area contributed by atoms with Crippen LogP contribution in [-0.2, 0) is 9.63 Å². The lowest BCUT2D eigenvalue weighted by Crippen LogP contribution is -1.95. The Morgan fingerprint density at radius 2 is 2.10 bits per heavy atom. The van der Waals surface area contributed by atoms with Crippen LogP contribution < -0.4 is 0 Å². The summed E-state index contributed by atoms with van der Waals surface area (Å²) in [6, 6.07) is 0. The molecule has 0 aliphatic heterocycles. The van der Waals surface area contributed by atoms with Crippen LogP contribution >= 0.6 is 0 Å². The molecule has 0 bridgehead atoms. The van der Waals surface area contributed by atoms with Crippen molar-refractivity contribution in [1.82, 2.24) is 0 Å². The summed E-state index contributed by atoms with van der Waals surface area (Å²) < 4.78 is 0. The van der Waals surface area contributed by atoms with Crippen LogP contribution in [0.15, 0.2) is 17.3 Å². The van der Waals surface area contributed by atoms with Gasteiger partial charge in [0.25, 0.3) is 0 Å². The molecule has 0 spiro atoms. The van der Waals surface area contributed by atoms with E-state index in [-0.39, 0.29) is 0 Å². The van der Waals surface area contributed by atoms with Crippen LogP contribution in [0.2, 0.25) is 0 Å². The highest BCUT2D eigenvalue weighted by Crippen LogP contribution is 1.83. The van der Waals surface area contributed by atoms with E-state index in [0.29, 0.717) is 0 Å². The van der Waals surface area contributed by atoms with E-state index in [1.54, 1.807) is 26.8 Å². The molecule has 0 N–H and O–H groups in total. The molecule has 0 saturated carbocycles. The molecule has 10 heavy (non-hydrogen) atoms. The van der Waals surface area contributed by atoms with Crippen molar-refractivity contribution in [2.45, 2.75) is 20.8 Å². The van der Waals surface area contributed by atoms with Gasteiger partial charge in [-0.1, -0.05) is 11.2 Å². The minimum Gasteiger partial charge on any atom is -0.314 e. The summed E-state index contributed by atoms with van der Waals surface area (Å²) in [4.78, 5) is 14.9. The second-order valence-corrected chi connectivity index (χ2v) is 1.95. The molecule has 0 aliphatic rings. The van der Waals surface area contributed by atoms with E-state index in [0.717, 1.165) is 5.71 Å². The maximum Gasteiger partial charge on any atom is 0.358 e. The Hall–Kier alpha value is -1.12. The van der Waals surface area contributed by atoms with Gasteiger partial charge in [-0.15, -0.1) is 0 Å². The van der Waals surface area contributed by atoms with Crippen LogP contribution in [-0.4, -0.2) is 11.7 Å². The molecule has 0 aromatic heterocycles. The molecule has 0 saturated heterocycles. The van der Waals surface area contributed by atoms with Crippen LogP contribution in [0.3, 0.4) is 0 Å². The summed E-state index contributed by atoms with van der Waals surface area (Å²) in [6.45, 7) is 5.25. The summed E-state index contributed by atoms with van der Waals surface area (Å²) >= 11 is 0. The average Bonchev–Trinajstić information content (AvgIpc) is 1.85. The summed E-state index contributed by atoms with van der Waals surface area (Å²) in [7, 11) is 0. The Kier molecular flexibility index (Phi) is 4.20. The standard InChI is InChI=1S/C7H11NO2/c1-4-5-7(9)10-8-6(2)3/h4-5H,1-3H3/b5-4+. The zero-order valence-corrected chi connectivity index (χ0v) is 6.42. The molecule has 0 rings (SSSR count). The summed E-state index contributed by atoms with van der Waals surface area (Å²) in [5.41, 5.74) is 0.720. The normalized spacial score (nSPS) is 9.50. The molecule has 0 amide bonds. The van der Waals surface area contributed by atoms with Gasteiger partial charge in [-0.25, -0.2) is 4.79 Å². The van der Waals surface area contributed by atoms with E-state index in [9.17, 15) is 4.79 Å². The number of carbonyl (C=O) groups is 1. The van der Waals surface area contributed by atoms with Gasteiger partial charge in [0, 0.05) is 6.08 Å². The zero-order valence-electron chi connectivity index (χ0n) is 6.42. The van der Waals surface area contributed by atoms with Gasteiger partial charge in [0.2, 0.25) is 0 Å². The predicted octanol–water partition coefficient (Wildman–Crippen LogP) is 1.50. The second kappa shape index (κ2) is 4.73. The summed E-state index contributed by atoms with van der Waals surface area (Å²) in [5, 5.41) is 3.46. The molecule has 3 heteroatoms. The highest BCUT2D eigenvalue weighted by atomic mass is 16.7. The van der Waals surface area contributed by atoms with Crippen LogP contribution in [0.1, 0.15) is 20.8 Å². The molecule has 0 aliphatic carbocycles. The minimum atomic E-state index is -0.441. The molecule has 0 heterocycles. The molecule has 3 nitrogen and oxygen atoms in total. The van der Waals surface area contributed by atoms with Crippen molar-refractivity contribution in [3.8, 4) is 0 Å². The van der Waals surface area contributed by atoms with Crippen LogP contribution in [0.4, 0.5) is 0 Å². The fourth-order valence-electron chi connectivity index (χ4n) is 0.303. The van der Waals surface area contributed by atoms with Gasteiger partial charge in [0.15, 0.2) is 0 Å². The first kappa shape index (κ1) is 8.88. The molecule has 56 valence electrons. The minimum absolute atomic E-state index is 0.441. The van der Waals surface area contributed by atoms with Crippen molar-refractivity contribution in [3.63, 3.8) is 0 Å². The molecule has 0 aromatic carbocycles. The topological polar surface area (TPSA) is 38.7 Å². The third kappa shape index (κ3) is 5.03. The lowest BCUT2D eigenvalue weighted by molar-refractivity contribution is -0.137. The van der Waals surface area contributed by atoms with Gasteiger partial charge < -0.3 is 4.84 Å². The first-order valence-corrected chi connectivity index (χ1v) is 3.01. The lowest BCUT2D eigenvalue weighted by Gasteiger charge is -1.89. The summed E-state index contributed by atoms with van der Waals surface area (Å²) in [6.07, 6.45) is 2.91. The van der Waals surface area contributed by atoms with Crippen molar-refractivity contribution in [2.24, 2.45) is 5.16 Å². The maximum atomic E-state index is 10.5. The number of hydrogen-bond donors (Lipinski definition) is 0. The fraction of sp³-hybridized carbons (Fsp3) is 0.429. The Bertz CT molecular complexity index is 166. The molecule has 0 unspecified atom stereocenters. The monoisotopic (exact) mass is 141 g/mol. The van der Waals surface area contributed by atoms with E-state index in [2.05, 4.69) is 9.99 Å². The molecular weight excluding hydrogens is 130 g/mol. The highest BCUT2D eigenvalue weighted by molar-refractivity contribution is 5.84. The van der Waals surface area contributed by atoms with E-state index in [4.69, 9.17) is 0 Å².